The van der Waals surface area contributed by atoms with Crippen molar-refractivity contribution in [2.75, 3.05) is 5.75 Å². The lowest BCUT2D eigenvalue weighted by Crippen LogP contribution is -2.41. The van der Waals surface area contributed by atoms with Gasteiger partial charge >= 0.3 is 7.12 Å². The molecule has 3 rings (SSSR count). The van der Waals surface area contributed by atoms with Crippen LogP contribution in [0.15, 0.2) is 39.4 Å². The third-order valence-electron chi connectivity index (χ3n) is 5.61. The molecule has 0 bridgehead atoms. The van der Waals surface area contributed by atoms with E-state index in [-0.39, 0.29) is 23.9 Å². The fraction of sp³-hybridized carbons (Fsp3) is 0.500. The van der Waals surface area contributed by atoms with Gasteiger partial charge < -0.3 is 14.8 Å². The Balaban J connectivity index is 1.81. The smallest absolute Gasteiger partial charge is 0.456 e. The van der Waals surface area contributed by atoms with E-state index in [1.54, 1.807) is 12.1 Å². The molecule has 1 saturated heterocycles. The molecule has 1 aromatic rings. The van der Waals surface area contributed by atoms with E-state index in [0.29, 0.717) is 19.3 Å². The number of halogens is 1. The predicted molar refractivity (Wildman–Crippen MR) is 116 cm³/mol. The zero-order valence-electron chi connectivity index (χ0n) is 16.2. The molecule has 2 atom stereocenters. The van der Waals surface area contributed by atoms with Crippen LogP contribution in [-0.2, 0) is 14.5 Å². The molecule has 2 aliphatic rings. The first-order valence-electron chi connectivity index (χ1n) is 9.70. The highest BCUT2D eigenvalue weighted by molar-refractivity contribution is 9.10. The second-order valence-electron chi connectivity index (χ2n) is 7.42. The Bertz CT molecular complexity index is 909. The number of hydrogen-bond acceptors (Lipinski definition) is 5. The monoisotopic (exact) mass is 468 g/mol. The first-order valence-corrected chi connectivity index (χ1v) is 12.2. The third kappa shape index (κ3) is 4.56. The minimum Gasteiger partial charge on any atom is -0.507 e. The quantitative estimate of drug-likeness (QED) is 0.484. The fourth-order valence-electron chi connectivity index (χ4n) is 4.12. The van der Waals surface area contributed by atoms with E-state index in [4.69, 9.17) is 4.65 Å². The molecule has 1 aromatic carbocycles. The van der Waals surface area contributed by atoms with Crippen LogP contribution in [-0.4, -0.2) is 42.8 Å². The number of benzene rings is 1. The molecule has 152 valence electrons. The average Bonchev–Trinajstić information content (AvgIpc) is 2.91. The van der Waals surface area contributed by atoms with E-state index in [9.17, 15) is 18.5 Å². The fourth-order valence-corrected chi connectivity index (χ4v) is 6.72. The molecule has 0 saturated carbocycles. The predicted octanol–water partition coefficient (Wildman–Crippen LogP) is 4.11. The van der Waals surface area contributed by atoms with Crippen molar-refractivity contribution < 1.29 is 23.2 Å². The van der Waals surface area contributed by atoms with Crippen LogP contribution in [0.25, 0.3) is 6.08 Å². The van der Waals surface area contributed by atoms with Crippen LogP contribution in [0.5, 0.6) is 5.75 Å². The highest BCUT2D eigenvalue weighted by Crippen LogP contribution is 2.40. The first-order chi connectivity index (χ1) is 13.2. The topological polar surface area (TPSA) is 83.8 Å². The Morgan fingerprint density at radius 3 is 2.82 bits per heavy atom. The van der Waals surface area contributed by atoms with Crippen LogP contribution < -0.4 is 0 Å². The molecule has 2 heterocycles. The Kier molecular flexibility index (Phi) is 6.74. The zero-order chi connectivity index (χ0) is 20.5. The van der Waals surface area contributed by atoms with Crippen molar-refractivity contribution in [3.05, 3.63) is 45.0 Å². The van der Waals surface area contributed by atoms with Gasteiger partial charge in [0.25, 0.3) is 0 Å². The van der Waals surface area contributed by atoms with E-state index in [1.165, 1.54) is 0 Å². The highest BCUT2D eigenvalue weighted by Gasteiger charge is 2.47. The third-order valence-corrected chi connectivity index (χ3v) is 8.16. The summed E-state index contributed by atoms with van der Waals surface area (Å²) in [6.45, 7) is 4.02. The Hall–Kier alpha value is -1.09. The second-order valence-corrected chi connectivity index (χ2v) is 10.5. The zero-order valence-corrected chi connectivity index (χ0v) is 18.6. The summed E-state index contributed by atoms with van der Waals surface area (Å²) >= 11 is 3.42. The van der Waals surface area contributed by atoms with Gasteiger partial charge in [-0.1, -0.05) is 47.0 Å². The second kappa shape index (κ2) is 8.73. The number of sulfone groups is 1. The molecule has 8 heteroatoms. The number of phenols is 1. The molecule has 0 unspecified atom stereocenters. The van der Waals surface area contributed by atoms with Crippen molar-refractivity contribution in [2.45, 2.75) is 57.2 Å². The van der Waals surface area contributed by atoms with Crippen molar-refractivity contribution in [3.8, 4) is 5.75 Å². The molecule has 0 spiro atoms. The van der Waals surface area contributed by atoms with E-state index in [0.717, 1.165) is 33.2 Å². The number of aromatic hydroxyl groups is 1. The average molecular weight is 469 g/mol. The summed E-state index contributed by atoms with van der Waals surface area (Å²) in [5.74, 6) is 0.301. The van der Waals surface area contributed by atoms with E-state index >= 15 is 0 Å². The summed E-state index contributed by atoms with van der Waals surface area (Å²) in [6.07, 6.45) is 4.51. The van der Waals surface area contributed by atoms with Crippen molar-refractivity contribution in [2.24, 2.45) is 0 Å². The van der Waals surface area contributed by atoms with E-state index in [2.05, 4.69) is 22.9 Å². The van der Waals surface area contributed by atoms with Crippen molar-refractivity contribution in [3.63, 3.8) is 0 Å². The minimum atomic E-state index is -3.24. The molecule has 0 amide bonds. The normalized spacial score (nSPS) is 24.6. The van der Waals surface area contributed by atoms with Crippen LogP contribution in [0.4, 0.5) is 0 Å². The van der Waals surface area contributed by atoms with Gasteiger partial charge in [0.05, 0.1) is 17.1 Å². The molecule has 2 aliphatic heterocycles. The minimum absolute atomic E-state index is 0.0818. The lowest BCUT2D eigenvalue weighted by Gasteiger charge is -2.32. The number of allylic oxidation sites excluding steroid dienone is 1. The van der Waals surface area contributed by atoms with Gasteiger partial charge in [-0.25, -0.2) is 8.42 Å². The highest BCUT2D eigenvalue weighted by atomic mass is 79.9. The summed E-state index contributed by atoms with van der Waals surface area (Å²) < 4.78 is 31.7. The summed E-state index contributed by atoms with van der Waals surface area (Å²) in [4.78, 5) is 0. The van der Waals surface area contributed by atoms with Gasteiger partial charge in [-0.05, 0) is 49.5 Å². The van der Waals surface area contributed by atoms with Gasteiger partial charge in [0.1, 0.15) is 5.75 Å². The van der Waals surface area contributed by atoms with Crippen molar-refractivity contribution in [1.82, 2.24) is 0 Å². The van der Waals surface area contributed by atoms with Crippen LogP contribution in [0.3, 0.4) is 0 Å². The lowest BCUT2D eigenvalue weighted by atomic mass is 9.74. The van der Waals surface area contributed by atoms with Crippen LogP contribution >= 0.6 is 15.9 Å². The molecular formula is C20H26BBrO5S. The van der Waals surface area contributed by atoms with Crippen molar-refractivity contribution >= 4 is 39.0 Å². The first kappa shape index (κ1) is 21.6. The molecule has 5 nitrogen and oxygen atoms in total. The summed E-state index contributed by atoms with van der Waals surface area (Å²) in [7, 11) is -4.29. The number of rotatable bonds is 6. The largest absolute Gasteiger partial charge is 0.507 e. The van der Waals surface area contributed by atoms with Gasteiger partial charge in [-0.15, -0.1) is 0 Å². The molecule has 2 N–H and O–H groups in total. The van der Waals surface area contributed by atoms with Crippen LogP contribution in [0.1, 0.15) is 45.1 Å². The van der Waals surface area contributed by atoms with Crippen molar-refractivity contribution in [1.29, 1.82) is 0 Å². The number of fused-ring (bicyclic) bond motifs is 1. The molecule has 0 aliphatic carbocycles. The van der Waals surface area contributed by atoms with Crippen LogP contribution in [0.2, 0.25) is 6.32 Å². The van der Waals surface area contributed by atoms with Gasteiger partial charge in [-0.3, -0.25) is 0 Å². The Morgan fingerprint density at radius 2 is 2.14 bits per heavy atom. The molecule has 0 aromatic heterocycles. The standard InChI is InChI=1S/C20H26BBrO5S/c1-3-13(9-15-10-16(22)6-7-17(15)23)5-8-18-20-14(4-2)12-28(25,26)19(20)11-21(24)27-18/h6-7,9-10,18-19,23-24H,3-5,8,11-12H2,1-2H3/b13-9+/t18-,19+/m1/s1. The van der Waals surface area contributed by atoms with Gasteiger partial charge in [0.15, 0.2) is 9.84 Å². The molecule has 1 fully saturated rings. The Labute approximate surface area is 175 Å². The lowest BCUT2D eigenvalue weighted by molar-refractivity contribution is 0.169. The summed E-state index contributed by atoms with van der Waals surface area (Å²) in [6, 6.07) is 5.30. The van der Waals surface area contributed by atoms with Gasteiger partial charge in [-0.2, -0.15) is 0 Å². The maximum Gasteiger partial charge on any atom is 0.456 e. The maximum atomic E-state index is 12.5. The van der Waals surface area contributed by atoms with E-state index < -0.39 is 22.2 Å². The van der Waals surface area contributed by atoms with Gasteiger partial charge in [0, 0.05) is 16.4 Å². The molecule has 28 heavy (non-hydrogen) atoms. The number of phenolic OH excluding ortho intramolecular Hbond substituents is 1. The molecule has 0 radical (unpaired) electrons. The summed E-state index contributed by atoms with van der Waals surface area (Å²) in [5.41, 5.74) is 3.68. The Morgan fingerprint density at radius 1 is 1.39 bits per heavy atom. The van der Waals surface area contributed by atoms with E-state index in [1.807, 2.05) is 19.1 Å². The molecular weight excluding hydrogens is 443 g/mol. The van der Waals surface area contributed by atoms with Gasteiger partial charge in [0.2, 0.25) is 0 Å². The maximum absolute atomic E-state index is 12.5. The SMILES string of the molecule is CCC1=C2[C@@H](CC/C(=C/c3cc(Br)ccc3O)CC)OB(O)C[C@@H]2S(=O)(=O)C1. The van der Waals surface area contributed by atoms with Crippen LogP contribution in [0, 0.1) is 0 Å². The number of hydrogen-bond donors (Lipinski definition) is 2. The summed E-state index contributed by atoms with van der Waals surface area (Å²) in [5, 5.41) is 19.5.